The Labute approximate surface area is 77.9 Å². The number of halogens is 1. The van der Waals surface area contributed by atoms with Gasteiger partial charge in [0.05, 0.1) is 11.2 Å². The van der Waals surface area contributed by atoms with Crippen LogP contribution in [-0.4, -0.2) is 4.98 Å². The maximum absolute atomic E-state index is 5.73. The average Bonchev–Trinajstić information content (AvgIpc) is 2.35. The maximum atomic E-state index is 5.73. The van der Waals surface area contributed by atoms with Crippen LogP contribution in [0.15, 0.2) is 24.4 Å². The summed E-state index contributed by atoms with van der Waals surface area (Å²) in [7, 11) is 0. The SMILES string of the molecule is Nc1cccc2c(I)c[nH]c12. The Bertz CT molecular complexity index is 392. The van der Waals surface area contributed by atoms with Crippen LogP contribution < -0.4 is 5.73 Å². The van der Waals surface area contributed by atoms with Crippen LogP contribution in [0.3, 0.4) is 0 Å². The minimum atomic E-state index is 0.811. The number of nitrogens with two attached hydrogens (primary N) is 1. The Balaban J connectivity index is 2.94. The summed E-state index contributed by atoms with van der Waals surface area (Å²) in [4.78, 5) is 3.12. The molecular formula is C8H7IN2. The molecule has 11 heavy (non-hydrogen) atoms. The van der Waals surface area contributed by atoms with Crippen molar-refractivity contribution in [2.45, 2.75) is 0 Å². The van der Waals surface area contributed by atoms with Crippen molar-refractivity contribution in [3.63, 3.8) is 0 Å². The van der Waals surface area contributed by atoms with E-state index in [4.69, 9.17) is 5.73 Å². The number of nitrogen functional groups attached to an aromatic ring is 1. The molecule has 0 aliphatic rings. The van der Waals surface area contributed by atoms with Crippen molar-refractivity contribution in [1.29, 1.82) is 0 Å². The molecule has 0 unspecified atom stereocenters. The van der Waals surface area contributed by atoms with Gasteiger partial charge in [0.15, 0.2) is 0 Å². The Morgan fingerprint density at radius 3 is 2.91 bits per heavy atom. The van der Waals surface area contributed by atoms with Gasteiger partial charge in [0.1, 0.15) is 0 Å². The highest BCUT2D eigenvalue weighted by Gasteiger charge is 2.01. The standard InChI is InChI=1S/C8H7IN2/c9-6-4-11-8-5(6)2-1-3-7(8)10/h1-4,11H,10H2. The minimum Gasteiger partial charge on any atom is -0.397 e. The summed E-state index contributed by atoms with van der Waals surface area (Å²) in [6.07, 6.45) is 1.96. The zero-order chi connectivity index (χ0) is 7.84. The number of aromatic nitrogens is 1. The zero-order valence-electron chi connectivity index (χ0n) is 5.76. The third kappa shape index (κ3) is 0.994. The summed E-state index contributed by atoms with van der Waals surface area (Å²) >= 11 is 2.28. The van der Waals surface area contributed by atoms with Gasteiger partial charge in [0.2, 0.25) is 0 Å². The third-order valence-corrected chi connectivity index (χ3v) is 2.59. The summed E-state index contributed by atoms with van der Waals surface area (Å²) < 4.78 is 1.21. The van der Waals surface area contributed by atoms with Crippen LogP contribution in [-0.2, 0) is 0 Å². The molecule has 3 N–H and O–H groups in total. The zero-order valence-corrected chi connectivity index (χ0v) is 7.92. The Hall–Kier alpha value is -0.710. The van der Waals surface area contributed by atoms with Gasteiger partial charge in [-0.15, -0.1) is 0 Å². The number of hydrogen-bond donors (Lipinski definition) is 2. The molecular weight excluding hydrogens is 251 g/mol. The second-order valence-electron chi connectivity index (χ2n) is 2.41. The van der Waals surface area contributed by atoms with E-state index in [9.17, 15) is 0 Å². The third-order valence-electron chi connectivity index (χ3n) is 1.70. The molecule has 0 aliphatic carbocycles. The summed E-state index contributed by atoms with van der Waals surface area (Å²) in [5, 5.41) is 1.20. The lowest BCUT2D eigenvalue weighted by atomic mass is 10.2. The predicted octanol–water partition coefficient (Wildman–Crippen LogP) is 2.35. The van der Waals surface area contributed by atoms with Crippen LogP contribution in [0.1, 0.15) is 0 Å². The molecule has 0 bridgehead atoms. The van der Waals surface area contributed by atoms with Gasteiger partial charge in [-0.2, -0.15) is 0 Å². The average molecular weight is 258 g/mol. The molecule has 0 amide bonds. The molecule has 2 nitrogen and oxygen atoms in total. The number of hydrogen-bond acceptors (Lipinski definition) is 1. The maximum Gasteiger partial charge on any atom is 0.0698 e. The lowest BCUT2D eigenvalue weighted by Crippen LogP contribution is -1.84. The first kappa shape index (κ1) is 6.97. The van der Waals surface area contributed by atoms with Gasteiger partial charge in [-0.3, -0.25) is 0 Å². The lowest BCUT2D eigenvalue weighted by molar-refractivity contribution is 1.47. The lowest BCUT2D eigenvalue weighted by Gasteiger charge is -1.93. The van der Waals surface area contributed by atoms with Crippen LogP contribution in [0.25, 0.3) is 10.9 Å². The molecule has 0 saturated heterocycles. The molecule has 56 valence electrons. The summed E-state index contributed by atoms with van der Waals surface area (Å²) in [5.74, 6) is 0. The highest BCUT2D eigenvalue weighted by Crippen LogP contribution is 2.23. The van der Waals surface area contributed by atoms with Gasteiger partial charge < -0.3 is 10.7 Å². The molecule has 1 aromatic carbocycles. The molecule has 0 saturated carbocycles. The molecule has 0 spiro atoms. The van der Waals surface area contributed by atoms with Crippen LogP contribution in [0.5, 0.6) is 0 Å². The molecule has 1 aromatic heterocycles. The molecule has 2 rings (SSSR count). The molecule has 0 atom stereocenters. The van der Waals surface area contributed by atoms with E-state index in [1.54, 1.807) is 0 Å². The summed E-state index contributed by atoms with van der Waals surface area (Å²) in [6.45, 7) is 0. The second-order valence-corrected chi connectivity index (χ2v) is 3.57. The fraction of sp³-hybridized carbons (Fsp3) is 0. The number of fused-ring (bicyclic) bond motifs is 1. The van der Waals surface area contributed by atoms with E-state index in [0.29, 0.717) is 0 Å². The number of benzene rings is 1. The number of aromatic amines is 1. The molecule has 0 radical (unpaired) electrons. The normalized spacial score (nSPS) is 10.6. The van der Waals surface area contributed by atoms with E-state index in [-0.39, 0.29) is 0 Å². The Morgan fingerprint density at radius 2 is 2.18 bits per heavy atom. The Morgan fingerprint density at radius 1 is 1.36 bits per heavy atom. The van der Waals surface area contributed by atoms with Gasteiger partial charge in [-0.05, 0) is 28.7 Å². The predicted molar refractivity (Wildman–Crippen MR) is 55.4 cm³/mol. The van der Waals surface area contributed by atoms with Crippen molar-refractivity contribution < 1.29 is 0 Å². The van der Waals surface area contributed by atoms with E-state index in [1.165, 1.54) is 8.96 Å². The topological polar surface area (TPSA) is 41.8 Å². The van der Waals surface area contributed by atoms with Crippen molar-refractivity contribution in [2.75, 3.05) is 5.73 Å². The van der Waals surface area contributed by atoms with Crippen molar-refractivity contribution in [3.05, 3.63) is 28.0 Å². The highest BCUT2D eigenvalue weighted by molar-refractivity contribution is 14.1. The van der Waals surface area contributed by atoms with Crippen LogP contribution in [0.2, 0.25) is 0 Å². The fourth-order valence-electron chi connectivity index (χ4n) is 1.14. The van der Waals surface area contributed by atoms with E-state index >= 15 is 0 Å². The van der Waals surface area contributed by atoms with Crippen molar-refractivity contribution in [2.24, 2.45) is 0 Å². The van der Waals surface area contributed by atoms with Gasteiger partial charge in [-0.1, -0.05) is 12.1 Å². The van der Waals surface area contributed by atoms with E-state index in [2.05, 4.69) is 33.6 Å². The van der Waals surface area contributed by atoms with Crippen LogP contribution in [0.4, 0.5) is 5.69 Å². The molecule has 3 heteroatoms. The van der Waals surface area contributed by atoms with Crippen molar-refractivity contribution >= 4 is 39.2 Å². The van der Waals surface area contributed by atoms with Gasteiger partial charge >= 0.3 is 0 Å². The molecule has 0 aliphatic heterocycles. The fourth-order valence-corrected chi connectivity index (χ4v) is 1.75. The second kappa shape index (κ2) is 2.41. The van der Waals surface area contributed by atoms with Gasteiger partial charge in [0.25, 0.3) is 0 Å². The number of anilines is 1. The van der Waals surface area contributed by atoms with Gasteiger partial charge in [-0.25, -0.2) is 0 Å². The van der Waals surface area contributed by atoms with Gasteiger partial charge in [0, 0.05) is 15.2 Å². The van der Waals surface area contributed by atoms with Crippen LogP contribution in [0, 0.1) is 3.57 Å². The first-order chi connectivity index (χ1) is 5.29. The first-order valence-electron chi connectivity index (χ1n) is 3.30. The summed E-state index contributed by atoms with van der Waals surface area (Å²) in [5.41, 5.74) is 7.58. The number of para-hydroxylation sites is 1. The van der Waals surface area contributed by atoms with E-state index < -0.39 is 0 Å². The monoisotopic (exact) mass is 258 g/mol. The molecule has 1 heterocycles. The Kier molecular flexibility index (Phi) is 1.52. The number of nitrogens with one attached hydrogen (secondary N) is 1. The van der Waals surface area contributed by atoms with E-state index in [1.807, 2.05) is 18.3 Å². The highest BCUT2D eigenvalue weighted by atomic mass is 127. The van der Waals surface area contributed by atoms with Crippen molar-refractivity contribution in [3.8, 4) is 0 Å². The minimum absolute atomic E-state index is 0.811. The van der Waals surface area contributed by atoms with Crippen LogP contribution >= 0.6 is 22.6 Å². The molecule has 0 fully saturated rings. The number of rotatable bonds is 0. The number of H-pyrrole nitrogens is 1. The van der Waals surface area contributed by atoms with Crippen molar-refractivity contribution in [1.82, 2.24) is 4.98 Å². The smallest absolute Gasteiger partial charge is 0.0698 e. The molecule has 2 aromatic rings. The summed E-state index contributed by atoms with van der Waals surface area (Å²) in [6, 6.07) is 5.92. The first-order valence-corrected chi connectivity index (χ1v) is 4.38. The largest absolute Gasteiger partial charge is 0.397 e. The van der Waals surface area contributed by atoms with E-state index in [0.717, 1.165) is 11.2 Å². The quantitative estimate of drug-likeness (QED) is 0.552.